The summed E-state index contributed by atoms with van der Waals surface area (Å²) in [5, 5.41) is 8.70. The summed E-state index contributed by atoms with van der Waals surface area (Å²) in [5.41, 5.74) is 0. The fourth-order valence-corrected chi connectivity index (χ4v) is 8.83. The molecule has 0 amide bonds. The zero-order chi connectivity index (χ0) is 47.4. The average Bonchev–Trinajstić information content (AvgIpc) is 3.29. The number of ether oxygens (including phenoxy) is 3. The third-order valence-corrected chi connectivity index (χ3v) is 13.1. The Morgan fingerprint density at radius 1 is 0.292 bits per heavy atom. The Morgan fingerprint density at radius 2 is 0.492 bits per heavy atom. The molecule has 0 fully saturated rings. The van der Waals surface area contributed by atoms with Gasteiger partial charge < -0.3 is 19.3 Å². The summed E-state index contributed by atoms with van der Waals surface area (Å²) in [6, 6.07) is 0. The van der Waals surface area contributed by atoms with Crippen LogP contribution < -0.4 is 0 Å². The van der Waals surface area contributed by atoms with E-state index in [-0.39, 0.29) is 31.1 Å². The van der Waals surface area contributed by atoms with Gasteiger partial charge in [0, 0.05) is 25.7 Å². The Morgan fingerprint density at radius 3 is 0.723 bits per heavy atom. The molecule has 1 atom stereocenters. The van der Waals surface area contributed by atoms with E-state index in [1.165, 1.54) is 212 Å². The van der Waals surface area contributed by atoms with Gasteiger partial charge in [-0.15, -0.1) is 0 Å². The van der Waals surface area contributed by atoms with E-state index in [4.69, 9.17) is 19.3 Å². The predicted molar refractivity (Wildman–Crippen MR) is 272 cm³/mol. The van der Waals surface area contributed by atoms with Crippen LogP contribution in [0.5, 0.6) is 0 Å². The molecule has 8 heteroatoms. The number of carboxylic acid groups (broad SMARTS) is 1. The van der Waals surface area contributed by atoms with Crippen LogP contribution in [0.25, 0.3) is 0 Å². The van der Waals surface area contributed by atoms with Crippen molar-refractivity contribution in [3.8, 4) is 0 Å². The quantitative estimate of drug-likeness (QED) is 0.0364. The van der Waals surface area contributed by atoms with Crippen LogP contribution in [0.15, 0.2) is 0 Å². The molecule has 1 unspecified atom stereocenters. The molecule has 0 aromatic carbocycles. The summed E-state index contributed by atoms with van der Waals surface area (Å²) in [5.74, 6) is -1.55. The third-order valence-electron chi connectivity index (χ3n) is 13.1. The molecule has 0 aliphatic rings. The van der Waals surface area contributed by atoms with Crippen LogP contribution in [0.1, 0.15) is 322 Å². The Balaban J connectivity index is 4.23. The van der Waals surface area contributed by atoms with E-state index in [0.29, 0.717) is 25.7 Å². The number of aliphatic carboxylic acids is 1. The van der Waals surface area contributed by atoms with Crippen molar-refractivity contribution < 1.29 is 38.5 Å². The molecular weight excluding hydrogens is 813 g/mol. The minimum atomic E-state index is -0.775. The van der Waals surface area contributed by atoms with E-state index < -0.39 is 12.1 Å². The third kappa shape index (κ3) is 52.7. The number of unbranched alkanes of at least 4 members (excludes halogenated alkanes) is 41. The number of esters is 3. The maximum atomic E-state index is 12.8. The monoisotopic (exact) mass is 921 g/mol. The SMILES string of the molecule is CCCCCCCCCCCCCCCC(=O)OCC(COC(=O)CCCCCCCCCCCCCCCCCCCCC(=O)O)OC(=O)CCCCCCCCCCCCCCC. The van der Waals surface area contributed by atoms with Gasteiger partial charge in [0.05, 0.1) is 0 Å². The molecule has 0 aromatic heterocycles. The predicted octanol–water partition coefficient (Wildman–Crippen LogP) is 17.8. The molecule has 0 heterocycles. The van der Waals surface area contributed by atoms with E-state index in [0.717, 1.165) is 70.6 Å². The summed E-state index contributed by atoms with van der Waals surface area (Å²) in [4.78, 5) is 48.6. The van der Waals surface area contributed by atoms with Crippen molar-refractivity contribution in [2.45, 2.75) is 328 Å². The first-order valence-corrected chi connectivity index (χ1v) is 28.6. The molecule has 0 aliphatic heterocycles. The highest BCUT2D eigenvalue weighted by atomic mass is 16.6. The van der Waals surface area contributed by atoms with Crippen LogP contribution in [0.2, 0.25) is 0 Å². The summed E-state index contributed by atoms with van der Waals surface area (Å²) < 4.78 is 16.8. The molecule has 0 aromatic rings. The van der Waals surface area contributed by atoms with Crippen molar-refractivity contribution in [1.82, 2.24) is 0 Å². The molecule has 0 bridgehead atoms. The lowest BCUT2D eigenvalue weighted by atomic mass is 10.0. The largest absolute Gasteiger partial charge is 0.481 e. The first-order valence-electron chi connectivity index (χ1n) is 28.6. The lowest BCUT2D eigenvalue weighted by Crippen LogP contribution is -2.30. The van der Waals surface area contributed by atoms with Gasteiger partial charge in [0.15, 0.2) is 6.10 Å². The second-order valence-corrected chi connectivity index (χ2v) is 19.7. The second kappa shape index (κ2) is 52.8. The van der Waals surface area contributed by atoms with Crippen molar-refractivity contribution in [3.63, 3.8) is 0 Å². The number of carbonyl (C=O) groups is 4. The second-order valence-electron chi connectivity index (χ2n) is 19.7. The van der Waals surface area contributed by atoms with Gasteiger partial charge in [-0.25, -0.2) is 0 Å². The van der Waals surface area contributed by atoms with E-state index in [1.54, 1.807) is 0 Å². The van der Waals surface area contributed by atoms with Crippen LogP contribution in [0.3, 0.4) is 0 Å². The summed E-state index contributed by atoms with van der Waals surface area (Å²) in [7, 11) is 0. The van der Waals surface area contributed by atoms with Gasteiger partial charge in [0.25, 0.3) is 0 Å². The standard InChI is InChI=1S/C57H108O8/c1-3-5-7-9-11-13-15-23-28-32-36-40-44-48-55(60)63-51-53(65-57(62)50-46-42-38-34-30-24-16-14-12-10-8-6-4-2)52-64-56(61)49-45-41-37-33-29-26-22-20-18-17-19-21-25-27-31-35-39-43-47-54(58)59/h53H,3-52H2,1-2H3,(H,58,59). The summed E-state index contributed by atoms with van der Waals surface area (Å²) >= 11 is 0. The first-order chi connectivity index (χ1) is 31.9. The maximum Gasteiger partial charge on any atom is 0.306 e. The number of carboxylic acids is 1. The highest BCUT2D eigenvalue weighted by Gasteiger charge is 2.19. The van der Waals surface area contributed by atoms with E-state index in [9.17, 15) is 19.2 Å². The Bertz CT molecular complexity index is 1030. The molecule has 8 nitrogen and oxygen atoms in total. The molecule has 0 radical (unpaired) electrons. The molecule has 1 N–H and O–H groups in total. The van der Waals surface area contributed by atoms with Gasteiger partial charge >= 0.3 is 23.9 Å². The smallest absolute Gasteiger partial charge is 0.306 e. The van der Waals surface area contributed by atoms with Crippen LogP contribution in [-0.4, -0.2) is 48.3 Å². The minimum absolute atomic E-state index is 0.0746. The molecule has 0 saturated heterocycles. The highest BCUT2D eigenvalue weighted by Crippen LogP contribution is 2.18. The van der Waals surface area contributed by atoms with Crippen molar-refractivity contribution in [2.75, 3.05) is 13.2 Å². The topological polar surface area (TPSA) is 116 Å². The number of carbonyl (C=O) groups excluding carboxylic acids is 3. The van der Waals surface area contributed by atoms with Gasteiger partial charge in [-0.2, -0.15) is 0 Å². The normalized spacial score (nSPS) is 11.8. The first kappa shape index (κ1) is 62.9. The lowest BCUT2D eigenvalue weighted by Gasteiger charge is -2.18. The van der Waals surface area contributed by atoms with Crippen molar-refractivity contribution in [3.05, 3.63) is 0 Å². The van der Waals surface area contributed by atoms with Crippen molar-refractivity contribution in [2.24, 2.45) is 0 Å². The van der Waals surface area contributed by atoms with E-state index >= 15 is 0 Å². The molecule has 0 spiro atoms. The van der Waals surface area contributed by atoms with Crippen LogP contribution in [0, 0.1) is 0 Å². The van der Waals surface area contributed by atoms with Gasteiger partial charge in [-0.3, -0.25) is 19.2 Å². The molecule has 0 rings (SSSR count). The summed E-state index contributed by atoms with van der Waals surface area (Å²) in [6.07, 6.45) is 54.5. The zero-order valence-corrected chi connectivity index (χ0v) is 43.2. The number of rotatable bonds is 54. The van der Waals surface area contributed by atoms with Gasteiger partial charge in [0.2, 0.25) is 0 Å². The van der Waals surface area contributed by atoms with Crippen LogP contribution in [0.4, 0.5) is 0 Å². The van der Waals surface area contributed by atoms with Crippen LogP contribution >= 0.6 is 0 Å². The maximum absolute atomic E-state index is 12.8. The molecule has 65 heavy (non-hydrogen) atoms. The van der Waals surface area contributed by atoms with Gasteiger partial charge in [0.1, 0.15) is 13.2 Å². The van der Waals surface area contributed by atoms with E-state index in [1.807, 2.05) is 0 Å². The molecular formula is C57H108O8. The molecule has 0 aliphatic carbocycles. The zero-order valence-electron chi connectivity index (χ0n) is 43.2. The van der Waals surface area contributed by atoms with E-state index in [2.05, 4.69) is 13.8 Å². The van der Waals surface area contributed by atoms with Crippen molar-refractivity contribution >= 4 is 23.9 Å². The fraction of sp³-hybridized carbons (Fsp3) is 0.930. The Kier molecular flexibility index (Phi) is 51.1. The fourth-order valence-electron chi connectivity index (χ4n) is 8.83. The minimum Gasteiger partial charge on any atom is -0.481 e. The van der Waals surface area contributed by atoms with Gasteiger partial charge in [-0.05, 0) is 25.7 Å². The van der Waals surface area contributed by atoms with Crippen molar-refractivity contribution in [1.29, 1.82) is 0 Å². The number of hydrogen-bond donors (Lipinski definition) is 1. The average molecular weight is 921 g/mol. The molecule has 0 saturated carbocycles. The molecule has 384 valence electrons. The number of hydrogen-bond acceptors (Lipinski definition) is 7. The Hall–Kier alpha value is -2.12. The Labute approximate surface area is 402 Å². The highest BCUT2D eigenvalue weighted by molar-refractivity contribution is 5.71. The van der Waals surface area contributed by atoms with Gasteiger partial charge in [-0.1, -0.05) is 271 Å². The summed E-state index contributed by atoms with van der Waals surface area (Å²) in [6.45, 7) is 4.38. The lowest BCUT2D eigenvalue weighted by molar-refractivity contribution is -0.167. The van der Waals surface area contributed by atoms with Crippen LogP contribution in [-0.2, 0) is 33.4 Å².